The maximum atomic E-state index is 3.41. The lowest BCUT2D eigenvalue weighted by atomic mass is 9.94. The second-order valence-corrected chi connectivity index (χ2v) is 6.54. The molecule has 0 atom stereocenters. The van der Waals surface area contributed by atoms with Gasteiger partial charge in [-0.1, -0.05) is 20.8 Å². The van der Waals surface area contributed by atoms with Crippen LogP contribution in [0.15, 0.2) is 0 Å². The maximum absolute atomic E-state index is 3.41. The number of hydrogen-bond acceptors (Lipinski definition) is 2. The van der Waals surface area contributed by atoms with Gasteiger partial charge in [-0.15, -0.1) is 0 Å². The Kier molecular flexibility index (Phi) is 4.60. The minimum atomic E-state index is 0.514. The van der Waals surface area contributed by atoms with Crippen LogP contribution in [0, 0.1) is 5.41 Å². The van der Waals surface area contributed by atoms with Crippen molar-refractivity contribution in [3.05, 3.63) is 0 Å². The zero-order valence-corrected chi connectivity index (χ0v) is 10.0. The van der Waals surface area contributed by atoms with E-state index in [1.54, 1.807) is 0 Å². The standard InChI is InChI=1S/C11H23NS/c1-11(2,3)6-9-13-10-4-7-12-8-5-10/h10,12H,4-9H2,1-3H3. The van der Waals surface area contributed by atoms with E-state index in [2.05, 4.69) is 37.8 Å². The van der Waals surface area contributed by atoms with Gasteiger partial charge in [0.1, 0.15) is 0 Å². The van der Waals surface area contributed by atoms with Crippen LogP contribution in [0.25, 0.3) is 0 Å². The number of hydrogen-bond donors (Lipinski definition) is 1. The van der Waals surface area contributed by atoms with Gasteiger partial charge in [-0.2, -0.15) is 11.8 Å². The zero-order chi connectivity index (χ0) is 9.73. The van der Waals surface area contributed by atoms with E-state index in [4.69, 9.17) is 0 Å². The third kappa shape index (κ3) is 5.58. The van der Waals surface area contributed by atoms with Crippen molar-refractivity contribution in [3.63, 3.8) is 0 Å². The molecule has 0 unspecified atom stereocenters. The summed E-state index contributed by atoms with van der Waals surface area (Å²) in [6.07, 6.45) is 4.09. The fraction of sp³-hybridized carbons (Fsp3) is 1.00. The average Bonchev–Trinajstić information content (AvgIpc) is 2.04. The molecule has 1 fully saturated rings. The SMILES string of the molecule is CC(C)(C)CCSC1CCNCC1. The van der Waals surface area contributed by atoms with E-state index in [0.717, 1.165) is 5.25 Å². The Morgan fingerprint density at radius 1 is 1.23 bits per heavy atom. The van der Waals surface area contributed by atoms with Crippen LogP contribution in [0.4, 0.5) is 0 Å². The molecule has 1 heterocycles. The molecule has 2 heteroatoms. The van der Waals surface area contributed by atoms with Gasteiger partial charge in [-0.3, -0.25) is 0 Å². The summed E-state index contributed by atoms with van der Waals surface area (Å²) in [5.74, 6) is 1.34. The zero-order valence-electron chi connectivity index (χ0n) is 9.23. The largest absolute Gasteiger partial charge is 0.317 e. The van der Waals surface area contributed by atoms with E-state index in [1.165, 1.54) is 38.1 Å². The first-order chi connectivity index (χ1) is 6.08. The number of rotatable bonds is 3. The summed E-state index contributed by atoms with van der Waals surface area (Å²) in [5.41, 5.74) is 0.514. The highest BCUT2D eigenvalue weighted by atomic mass is 32.2. The maximum Gasteiger partial charge on any atom is 0.00711 e. The van der Waals surface area contributed by atoms with Crippen molar-refractivity contribution < 1.29 is 0 Å². The Morgan fingerprint density at radius 2 is 1.85 bits per heavy atom. The second kappa shape index (κ2) is 5.26. The summed E-state index contributed by atoms with van der Waals surface area (Å²) < 4.78 is 0. The van der Waals surface area contributed by atoms with Crippen LogP contribution in [0.5, 0.6) is 0 Å². The highest BCUT2D eigenvalue weighted by molar-refractivity contribution is 7.99. The summed E-state index contributed by atoms with van der Waals surface area (Å²) in [6.45, 7) is 9.45. The molecule has 0 aliphatic carbocycles. The first-order valence-electron chi connectivity index (χ1n) is 5.40. The molecule has 0 radical (unpaired) electrons. The molecule has 1 rings (SSSR count). The molecule has 0 aromatic heterocycles. The van der Waals surface area contributed by atoms with E-state index in [1.807, 2.05) is 0 Å². The molecule has 0 amide bonds. The lowest BCUT2D eigenvalue weighted by Gasteiger charge is -2.24. The number of nitrogens with one attached hydrogen (secondary N) is 1. The van der Waals surface area contributed by atoms with Crippen LogP contribution in [0.3, 0.4) is 0 Å². The number of piperidine rings is 1. The minimum Gasteiger partial charge on any atom is -0.317 e. The molecule has 1 aliphatic heterocycles. The first-order valence-corrected chi connectivity index (χ1v) is 6.45. The Hall–Kier alpha value is 0.310. The fourth-order valence-corrected chi connectivity index (χ4v) is 3.13. The van der Waals surface area contributed by atoms with Gasteiger partial charge in [0.25, 0.3) is 0 Å². The van der Waals surface area contributed by atoms with Gasteiger partial charge in [0.15, 0.2) is 0 Å². The third-order valence-corrected chi connectivity index (χ3v) is 3.87. The van der Waals surface area contributed by atoms with E-state index in [-0.39, 0.29) is 0 Å². The van der Waals surface area contributed by atoms with Crippen molar-refractivity contribution in [3.8, 4) is 0 Å². The molecule has 0 saturated carbocycles. The molecule has 13 heavy (non-hydrogen) atoms. The molecule has 0 spiro atoms. The normalized spacial score (nSPS) is 20.5. The fourth-order valence-electron chi connectivity index (χ4n) is 1.49. The van der Waals surface area contributed by atoms with Crippen molar-refractivity contribution in [1.82, 2.24) is 5.32 Å². The Balaban J connectivity index is 2.04. The van der Waals surface area contributed by atoms with E-state index in [0.29, 0.717) is 5.41 Å². The lowest BCUT2D eigenvalue weighted by molar-refractivity contribution is 0.401. The van der Waals surface area contributed by atoms with Crippen molar-refractivity contribution in [2.45, 2.75) is 45.3 Å². The summed E-state index contributed by atoms with van der Waals surface area (Å²) in [6, 6.07) is 0. The highest BCUT2D eigenvalue weighted by Crippen LogP contribution is 2.26. The van der Waals surface area contributed by atoms with Gasteiger partial charge in [0.05, 0.1) is 0 Å². The monoisotopic (exact) mass is 201 g/mol. The van der Waals surface area contributed by atoms with Crippen molar-refractivity contribution in [2.24, 2.45) is 5.41 Å². The molecule has 1 aliphatic rings. The molecular weight excluding hydrogens is 178 g/mol. The topological polar surface area (TPSA) is 12.0 Å². The smallest absolute Gasteiger partial charge is 0.00711 e. The van der Waals surface area contributed by atoms with Gasteiger partial charge < -0.3 is 5.32 Å². The van der Waals surface area contributed by atoms with Gasteiger partial charge in [-0.05, 0) is 43.5 Å². The molecule has 1 saturated heterocycles. The van der Waals surface area contributed by atoms with Crippen molar-refractivity contribution >= 4 is 11.8 Å². The first kappa shape index (κ1) is 11.4. The molecule has 1 nitrogen and oxygen atoms in total. The third-order valence-electron chi connectivity index (χ3n) is 2.49. The van der Waals surface area contributed by atoms with Crippen molar-refractivity contribution in [2.75, 3.05) is 18.8 Å². The summed E-state index contributed by atoms with van der Waals surface area (Å²) >= 11 is 2.18. The quantitative estimate of drug-likeness (QED) is 0.753. The van der Waals surface area contributed by atoms with Crippen LogP contribution in [0.1, 0.15) is 40.0 Å². The van der Waals surface area contributed by atoms with E-state index in [9.17, 15) is 0 Å². The van der Waals surface area contributed by atoms with Gasteiger partial charge in [0.2, 0.25) is 0 Å². The van der Waals surface area contributed by atoms with E-state index >= 15 is 0 Å². The Labute approximate surface area is 87.1 Å². The lowest BCUT2D eigenvalue weighted by Crippen LogP contribution is -2.29. The molecule has 1 N–H and O–H groups in total. The van der Waals surface area contributed by atoms with Crippen LogP contribution in [-0.4, -0.2) is 24.1 Å². The molecular formula is C11H23NS. The van der Waals surface area contributed by atoms with Gasteiger partial charge in [0, 0.05) is 5.25 Å². The molecule has 0 bridgehead atoms. The summed E-state index contributed by atoms with van der Waals surface area (Å²) in [5, 5.41) is 4.34. The van der Waals surface area contributed by atoms with Gasteiger partial charge >= 0.3 is 0 Å². The summed E-state index contributed by atoms with van der Waals surface area (Å²) in [7, 11) is 0. The molecule has 0 aromatic rings. The Bertz CT molecular complexity index is 134. The predicted molar refractivity (Wildman–Crippen MR) is 62.4 cm³/mol. The van der Waals surface area contributed by atoms with Crippen molar-refractivity contribution in [1.29, 1.82) is 0 Å². The second-order valence-electron chi connectivity index (χ2n) is 5.13. The van der Waals surface area contributed by atoms with Crippen LogP contribution >= 0.6 is 11.8 Å². The van der Waals surface area contributed by atoms with E-state index < -0.39 is 0 Å². The van der Waals surface area contributed by atoms with Crippen LogP contribution in [0.2, 0.25) is 0 Å². The minimum absolute atomic E-state index is 0.514. The number of thioether (sulfide) groups is 1. The van der Waals surface area contributed by atoms with Gasteiger partial charge in [-0.25, -0.2) is 0 Å². The van der Waals surface area contributed by atoms with Crippen LogP contribution < -0.4 is 5.32 Å². The summed E-state index contributed by atoms with van der Waals surface area (Å²) in [4.78, 5) is 0. The molecule has 0 aromatic carbocycles. The predicted octanol–water partition coefficient (Wildman–Crippen LogP) is 2.91. The average molecular weight is 201 g/mol. The van der Waals surface area contributed by atoms with Crippen LogP contribution in [-0.2, 0) is 0 Å². The Morgan fingerprint density at radius 3 is 2.38 bits per heavy atom. The highest BCUT2D eigenvalue weighted by Gasteiger charge is 2.15. The molecule has 78 valence electrons.